The van der Waals surface area contributed by atoms with E-state index in [-0.39, 0.29) is 11.8 Å². The van der Waals surface area contributed by atoms with Gasteiger partial charge in [0, 0.05) is 25.3 Å². The number of carbonyl (C=O) groups is 1. The number of aromatic nitrogens is 4. The van der Waals surface area contributed by atoms with E-state index in [0.29, 0.717) is 19.4 Å². The molecule has 1 amide bonds. The second-order valence-corrected chi connectivity index (χ2v) is 5.54. The van der Waals surface area contributed by atoms with Crippen molar-refractivity contribution in [2.75, 3.05) is 6.54 Å². The van der Waals surface area contributed by atoms with Crippen molar-refractivity contribution in [2.24, 2.45) is 0 Å². The summed E-state index contributed by atoms with van der Waals surface area (Å²) in [6, 6.07) is 0. The number of rotatable bonds is 6. The molecule has 1 N–H and O–H groups in total. The van der Waals surface area contributed by atoms with Crippen molar-refractivity contribution in [1.82, 2.24) is 25.1 Å². The number of nitrogens with zero attached hydrogens (tertiary/aromatic N) is 4. The smallest absolute Gasteiger partial charge is 0.234 e. The first-order valence-electron chi connectivity index (χ1n) is 6.20. The van der Waals surface area contributed by atoms with Crippen molar-refractivity contribution in [3.05, 3.63) is 23.5 Å². The Labute approximate surface area is 115 Å². The lowest BCUT2D eigenvalue weighted by atomic mass is 10.2. The van der Waals surface area contributed by atoms with Crippen LogP contribution in [0.15, 0.2) is 12.7 Å². The van der Waals surface area contributed by atoms with Gasteiger partial charge in [-0.05, 0) is 0 Å². The van der Waals surface area contributed by atoms with Gasteiger partial charge >= 0.3 is 0 Å². The zero-order valence-electron chi connectivity index (χ0n) is 11.1. The summed E-state index contributed by atoms with van der Waals surface area (Å²) >= 11 is 1.48. The first-order chi connectivity index (χ1) is 9.11. The van der Waals surface area contributed by atoms with E-state index in [1.807, 2.05) is 0 Å². The van der Waals surface area contributed by atoms with E-state index in [0.717, 1.165) is 15.8 Å². The Morgan fingerprint density at radius 2 is 2.32 bits per heavy atom. The Bertz CT molecular complexity index is 586. The minimum atomic E-state index is 0.00921. The van der Waals surface area contributed by atoms with Crippen molar-refractivity contribution < 1.29 is 4.79 Å². The molecule has 0 saturated carbocycles. The minimum absolute atomic E-state index is 0.00921. The SMILES string of the molecule is C=CCNC(=O)CCc1nn2c(C(C)C)nnc2s1. The highest BCUT2D eigenvalue weighted by Crippen LogP contribution is 2.19. The van der Waals surface area contributed by atoms with Crippen LogP contribution in [-0.2, 0) is 11.2 Å². The molecule has 2 heterocycles. The highest BCUT2D eigenvalue weighted by molar-refractivity contribution is 7.16. The van der Waals surface area contributed by atoms with Gasteiger partial charge < -0.3 is 5.32 Å². The number of amides is 1. The molecule has 0 atom stereocenters. The molecule has 0 aliphatic rings. The number of nitrogens with one attached hydrogen (secondary N) is 1. The van der Waals surface area contributed by atoms with E-state index >= 15 is 0 Å². The molecular weight excluding hydrogens is 262 g/mol. The van der Waals surface area contributed by atoms with Gasteiger partial charge in [0.25, 0.3) is 0 Å². The summed E-state index contributed by atoms with van der Waals surface area (Å²) in [5, 5.41) is 16.3. The number of aryl methyl sites for hydroxylation is 1. The Balaban J connectivity index is 2.02. The highest BCUT2D eigenvalue weighted by atomic mass is 32.1. The van der Waals surface area contributed by atoms with Crippen LogP contribution < -0.4 is 5.32 Å². The lowest BCUT2D eigenvalue weighted by Gasteiger charge is -2.00. The van der Waals surface area contributed by atoms with Crippen LogP contribution in [0.3, 0.4) is 0 Å². The fourth-order valence-electron chi connectivity index (χ4n) is 1.63. The summed E-state index contributed by atoms with van der Waals surface area (Å²) in [5.41, 5.74) is 0. The van der Waals surface area contributed by atoms with Gasteiger partial charge in [-0.15, -0.1) is 16.8 Å². The van der Waals surface area contributed by atoms with Crippen LogP contribution in [0.1, 0.15) is 37.0 Å². The van der Waals surface area contributed by atoms with Gasteiger partial charge in [0.2, 0.25) is 10.9 Å². The van der Waals surface area contributed by atoms with E-state index < -0.39 is 0 Å². The largest absolute Gasteiger partial charge is 0.353 e. The lowest BCUT2D eigenvalue weighted by molar-refractivity contribution is -0.120. The molecule has 2 aromatic heterocycles. The first-order valence-corrected chi connectivity index (χ1v) is 7.02. The Hall–Kier alpha value is -1.76. The van der Waals surface area contributed by atoms with E-state index in [4.69, 9.17) is 0 Å². The fraction of sp³-hybridized carbons (Fsp3) is 0.500. The maximum atomic E-state index is 11.5. The van der Waals surface area contributed by atoms with Crippen molar-refractivity contribution in [3.63, 3.8) is 0 Å². The number of hydrogen-bond acceptors (Lipinski definition) is 5. The van der Waals surface area contributed by atoms with E-state index in [1.165, 1.54) is 11.3 Å². The maximum absolute atomic E-state index is 11.5. The Morgan fingerprint density at radius 3 is 3.00 bits per heavy atom. The molecule has 19 heavy (non-hydrogen) atoms. The quantitative estimate of drug-likeness (QED) is 0.814. The molecule has 7 heteroatoms. The van der Waals surface area contributed by atoms with Crippen LogP contribution in [-0.4, -0.2) is 32.3 Å². The molecule has 6 nitrogen and oxygen atoms in total. The van der Waals surface area contributed by atoms with Crippen LogP contribution in [0.2, 0.25) is 0 Å². The predicted molar refractivity (Wildman–Crippen MR) is 74.3 cm³/mol. The third-order valence-electron chi connectivity index (χ3n) is 2.58. The third-order valence-corrected chi connectivity index (χ3v) is 3.54. The van der Waals surface area contributed by atoms with Gasteiger partial charge in [-0.2, -0.15) is 9.61 Å². The molecule has 0 saturated heterocycles. The highest BCUT2D eigenvalue weighted by Gasteiger charge is 2.14. The monoisotopic (exact) mass is 279 g/mol. The summed E-state index contributed by atoms with van der Waals surface area (Å²) in [5.74, 6) is 1.14. The van der Waals surface area contributed by atoms with Crippen molar-refractivity contribution in [2.45, 2.75) is 32.6 Å². The van der Waals surface area contributed by atoms with Gasteiger partial charge in [-0.25, -0.2) is 0 Å². The molecule has 2 rings (SSSR count). The van der Waals surface area contributed by atoms with Gasteiger partial charge in [0.15, 0.2) is 5.82 Å². The average molecular weight is 279 g/mol. The second-order valence-electron chi connectivity index (χ2n) is 4.50. The molecule has 2 aromatic rings. The van der Waals surface area contributed by atoms with E-state index in [1.54, 1.807) is 10.6 Å². The standard InChI is InChI=1S/C12H17N5OS/c1-4-7-13-9(18)5-6-10-16-17-11(8(2)3)14-15-12(17)19-10/h4,8H,1,5-7H2,2-3H3,(H,13,18). The molecular formula is C12H17N5OS. The van der Waals surface area contributed by atoms with Gasteiger partial charge in [0.05, 0.1) is 0 Å². The average Bonchev–Trinajstić information content (AvgIpc) is 2.92. The zero-order chi connectivity index (χ0) is 13.8. The summed E-state index contributed by atoms with van der Waals surface area (Å²) < 4.78 is 1.77. The van der Waals surface area contributed by atoms with Crippen LogP contribution in [0.25, 0.3) is 4.96 Å². The molecule has 0 fully saturated rings. The normalized spacial score (nSPS) is 11.1. The molecule has 102 valence electrons. The number of fused-ring (bicyclic) bond motifs is 1. The molecule has 0 aliphatic heterocycles. The van der Waals surface area contributed by atoms with Gasteiger partial charge in [-0.1, -0.05) is 31.3 Å². The Morgan fingerprint density at radius 1 is 1.53 bits per heavy atom. The van der Waals surface area contributed by atoms with Gasteiger partial charge in [-0.3, -0.25) is 4.79 Å². The predicted octanol–water partition coefficient (Wildman–Crippen LogP) is 1.54. The summed E-state index contributed by atoms with van der Waals surface area (Å²) in [6.07, 6.45) is 2.71. The molecule has 0 unspecified atom stereocenters. The topological polar surface area (TPSA) is 72.2 Å². The second kappa shape index (κ2) is 5.92. The summed E-state index contributed by atoms with van der Waals surface area (Å²) in [7, 11) is 0. The maximum Gasteiger partial charge on any atom is 0.234 e. The van der Waals surface area contributed by atoms with E-state index in [2.05, 4.69) is 41.0 Å². The minimum Gasteiger partial charge on any atom is -0.353 e. The van der Waals surface area contributed by atoms with Crippen molar-refractivity contribution >= 4 is 22.2 Å². The number of hydrogen-bond donors (Lipinski definition) is 1. The van der Waals surface area contributed by atoms with Crippen LogP contribution in [0, 0.1) is 0 Å². The number of carbonyl (C=O) groups excluding carboxylic acids is 1. The van der Waals surface area contributed by atoms with E-state index in [9.17, 15) is 4.79 Å². The van der Waals surface area contributed by atoms with Crippen LogP contribution >= 0.6 is 11.3 Å². The van der Waals surface area contributed by atoms with Gasteiger partial charge in [0.1, 0.15) is 5.01 Å². The first kappa shape index (κ1) is 13.7. The Kier molecular flexibility index (Phi) is 4.26. The summed E-state index contributed by atoms with van der Waals surface area (Å²) in [6.45, 7) is 8.16. The molecule has 0 aliphatic carbocycles. The fourth-order valence-corrected chi connectivity index (χ4v) is 2.47. The molecule has 0 aromatic carbocycles. The van der Waals surface area contributed by atoms with Crippen molar-refractivity contribution in [1.29, 1.82) is 0 Å². The zero-order valence-corrected chi connectivity index (χ0v) is 11.9. The van der Waals surface area contributed by atoms with Crippen LogP contribution in [0.5, 0.6) is 0 Å². The lowest BCUT2D eigenvalue weighted by Crippen LogP contribution is -2.23. The molecule has 0 radical (unpaired) electrons. The molecule has 0 spiro atoms. The summed E-state index contributed by atoms with van der Waals surface area (Å²) in [4.78, 5) is 12.3. The third kappa shape index (κ3) is 3.17. The van der Waals surface area contributed by atoms with Crippen LogP contribution in [0.4, 0.5) is 0 Å². The molecule has 0 bridgehead atoms. The van der Waals surface area contributed by atoms with Crippen molar-refractivity contribution in [3.8, 4) is 0 Å².